The van der Waals surface area contributed by atoms with Crippen LogP contribution in [0, 0.1) is 6.92 Å². The van der Waals surface area contributed by atoms with Crippen molar-refractivity contribution in [3.63, 3.8) is 0 Å². The van der Waals surface area contributed by atoms with Gasteiger partial charge in [-0.2, -0.15) is 0 Å². The highest BCUT2D eigenvalue weighted by Gasteiger charge is 2.09. The predicted molar refractivity (Wildman–Crippen MR) is 56.8 cm³/mol. The van der Waals surface area contributed by atoms with E-state index in [0.29, 0.717) is 31.1 Å². The Morgan fingerprint density at radius 1 is 1.73 bits per heavy atom. The van der Waals surface area contributed by atoms with Gasteiger partial charge in [-0.05, 0) is 13.0 Å². The number of rotatable bonds is 6. The first kappa shape index (κ1) is 11.5. The van der Waals surface area contributed by atoms with E-state index in [4.69, 9.17) is 9.15 Å². The molecule has 1 heterocycles. The fourth-order valence-corrected chi connectivity index (χ4v) is 1.12. The van der Waals surface area contributed by atoms with Crippen LogP contribution in [0.2, 0.25) is 0 Å². The molecule has 1 amide bonds. The molecular formula is C11H15NO3. The van der Waals surface area contributed by atoms with Gasteiger partial charge < -0.3 is 14.5 Å². The average molecular weight is 209 g/mol. The Morgan fingerprint density at radius 3 is 3.13 bits per heavy atom. The third-order valence-corrected chi connectivity index (χ3v) is 1.87. The molecule has 1 rings (SSSR count). The highest BCUT2D eigenvalue weighted by Crippen LogP contribution is 2.07. The van der Waals surface area contributed by atoms with Crippen molar-refractivity contribution in [3.05, 3.63) is 36.3 Å². The largest absolute Gasteiger partial charge is 0.469 e. The minimum atomic E-state index is -0.136. The zero-order chi connectivity index (χ0) is 11.1. The molecule has 0 aliphatic heterocycles. The van der Waals surface area contributed by atoms with E-state index >= 15 is 0 Å². The van der Waals surface area contributed by atoms with E-state index < -0.39 is 0 Å². The first-order valence-electron chi connectivity index (χ1n) is 4.76. The van der Waals surface area contributed by atoms with Crippen LogP contribution < -0.4 is 5.32 Å². The summed E-state index contributed by atoms with van der Waals surface area (Å²) in [5.74, 6) is 0.489. The Balaban J connectivity index is 2.25. The maximum Gasteiger partial charge on any atom is 0.254 e. The molecule has 0 aliphatic carbocycles. The van der Waals surface area contributed by atoms with Crippen LogP contribution in [0.15, 0.2) is 29.4 Å². The molecule has 0 saturated heterocycles. The van der Waals surface area contributed by atoms with Crippen molar-refractivity contribution in [2.75, 3.05) is 19.8 Å². The van der Waals surface area contributed by atoms with Gasteiger partial charge in [-0.3, -0.25) is 4.79 Å². The van der Waals surface area contributed by atoms with Crippen molar-refractivity contribution < 1.29 is 13.9 Å². The van der Waals surface area contributed by atoms with Crippen LogP contribution in [-0.4, -0.2) is 25.7 Å². The summed E-state index contributed by atoms with van der Waals surface area (Å²) < 4.78 is 10.1. The Bertz CT molecular complexity index is 330. The lowest BCUT2D eigenvalue weighted by atomic mass is 10.2. The van der Waals surface area contributed by atoms with Crippen molar-refractivity contribution in [1.29, 1.82) is 0 Å². The number of nitrogens with one attached hydrogen (secondary N) is 1. The van der Waals surface area contributed by atoms with Gasteiger partial charge in [0.05, 0.1) is 25.0 Å². The number of ether oxygens (including phenoxy) is 1. The van der Waals surface area contributed by atoms with Gasteiger partial charge in [0.2, 0.25) is 0 Å². The summed E-state index contributed by atoms with van der Waals surface area (Å²) in [4.78, 5) is 11.5. The lowest BCUT2D eigenvalue weighted by molar-refractivity contribution is 0.0927. The molecule has 0 radical (unpaired) electrons. The van der Waals surface area contributed by atoms with E-state index in [1.807, 2.05) is 0 Å². The van der Waals surface area contributed by atoms with Gasteiger partial charge in [-0.25, -0.2) is 0 Å². The molecule has 0 unspecified atom stereocenters. The summed E-state index contributed by atoms with van der Waals surface area (Å²) >= 11 is 0. The molecule has 0 saturated carbocycles. The van der Waals surface area contributed by atoms with E-state index in [0.717, 1.165) is 0 Å². The molecular weight excluding hydrogens is 194 g/mol. The third-order valence-electron chi connectivity index (χ3n) is 1.87. The molecule has 0 aliphatic rings. The number of hydrogen-bond donors (Lipinski definition) is 1. The average Bonchev–Trinajstić information content (AvgIpc) is 2.64. The lowest BCUT2D eigenvalue weighted by Crippen LogP contribution is -2.27. The SMILES string of the molecule is C=CCOCCNC(=O)c1ccoc1C. The van der Waals surface area contributed by atoms with Crippen LogP contribution in [0.1, 0.15) is 16.1 Å². The van der Waals surface area contributed by atoms with Crippen LogP contribution in [0.5, 0.6) is 0 Å². The van der Waals surface area contributed by atoms with Gasteiger partial charge in [-0.1, -0.05) is 6.08 Å². The van der Waals surface area contributed by atoms with E-state index in [2.05, 4.69) is 11.9 Å². The van der Waals surface area contributed by atoms with E-state index in [1.54, 1.807) is 19.1 Å². The van der Waals surface area contributed by atoms with Gasteiger partial charge in [0.25, 0.3) is 5.91 Å². The van der Waals surface area contributed by atoms with Crippen molar-refractivity contribution in [3.8, 4) is 0 Å². The molecule has 0 fully saturated rings. The summed E-state index contributed by atoms with van der Waals surface area (Å²) in [6.07, 6.45) is 3.17. The van der Waals surface area contributed by atoms with Gasteiger partial charge in [-0.15, -0.1) is 6.58 Å². The van der Waals surface area contributed by atoms with Crippen molar-refractivity contribution in [2.45, 2.75) is 6.92 Å². The normalized spacial score (nSPS) is 9.93. The molecule has 4 nitrogen and oxygen atoms in total. The van der Waals surface area contributed by atoms with Crippen LogP contribution in [-0.2, 0) is 4.74 Å². The summed E-state index contributed by atoms with van der Waals surface area (Å²) in [5.41, 5.74) is 0.568. The van der Waals surface area contributed by atoms with Gasteiger partial charge in [0.15, 0.2) is 0 Å². The minimum Gasteiger partial charge on any atom is -0.469 e. The molecule has 82 valence electrons. The minimum absolute atomic E-state index is 0.136. The Hall–Kier alpha value is -1.55. The van der Waals surface area contributed by atoms with E-state index in [1.165, 1.54) is 6.26 Å². The van der Waals surface area contributed by atoms with Crippen LogP contribution >= 0.6 is 0 Å². The first-order chi connectivity index (χ1) is 7.25. The van der Waals surface area contributed by atoms with Crippen LogP contribution in [0.4, 0.5) is 0 Å². The number of carbonyl (C=O) groups is 1. The van der Waals surface area contributed by atoms with Crippen molar-refractivity contribution in [2.24, 2.45) is 0 Å². The molecule has 1 N–H and O–H groups in total. The van der Waals surface area contributed by atoms with Crippen molar-refractivity contribution in [1.82, 2.24) is 5.32 Å². The van der Waals surface area contributed by atoms with Crippen LogP contribution in [0.25, 0.3) is 0 Å². The summed E-state index contributed by atoms with van der Waals surface area (Å²) in [7, 11) is 0. The topological polar surface area (TPSA) is 51.5 Å². The fraction of sp³-hybridized carbons (Fsp3) is 0.364. The number of furan rings is 1. The Morgan fingerprint density at radius 2 is 2.53 bits per heavy atom. The Kier molecular flexibility index (Phi) is 4.63. The molecule has 0 bridgehead atoms. The zero-order valence-electron chi connectivity index (χ0n) is 8.79. The monoisotopic (exact) mass is 209 g/mol. The van der Waals surface area contributed by atoms with Crippen molar-refractivity contribution >= 4 is 5.91 Å². The standard InChI is InChI=1S/C11H15NO3/c1-3-6-14-8-5-12-11(13)10-4-7-15-9(10)2/h3-4,7H,1,5-6,8H2,2H3,(H,12,13). The highest BCUT2D eigenvalue weighted by molar-refractivity contribution is 5.94. The first-order valence-corrected chi connectivity index (χ1v) is 4.76. The maximum atomic E-state index is 11.5. The quantitative estimate of drug-likeness (QED) is 0.571. The summed E-state index contributed by atoms with van der Waals surface area (Å²) in [6, 6.07) is 1.65. The lowest BCUT2D eigenvalue weighted by Gasteiger charge is -2.03. The smallest absolute Gasteiger partial charge is 0.254 e. The second-order valence-corrected chi connectivity index (χ2v) is 3.01. The zero-order valence-corrected chi connectivity index (χ0v) is 8.79. The second kappa shape index (κ2) is 6.03. The predicted octanol–water partition coefficient (Wildman–Crippen LogP) is 1.52. The number of hydrogen-bond acceptors (Lipinski definition) is 3. The molecule has 15 heavy (non-hydrogen) atoms. The third kappa shape index (κ3) is 3.59. The van der Waals surface area contributed by atoms with Gasteiger partial charge in [0.1, 0.15) is 5.76 Å². The summed E-state index contributed by atoms with van der Waals surface area (Å²) in [5, 5.41) is 2.73. The second-order valence-electron chi connectivity index (χ2n) is 3.01. The van der Waals surface area contributed by atoms with Gasteiger partial charge >= 0.3 is 0 Å². The number of amides is 1. The molecule has 1 aromatic heterocycles. The molecule has 0 spiro atoms. The molecule has 0 atom stereocenters. The molecule has 0 aromatic carbocycles. The number of aryl methyl sites for hydroxylation is 1. The highest BCUT2D eigenvalue weighted by atomic mass is 16.5. The van der Waals surface area contributed by atoms with E-state index in [-0.39, 0.29) is 5.91 Å². The Labute approximate surface area is 88.9 Å². The maximum absolute atomic E-state index is 11.5. The molecule has 4 heteroatoms. The van der Waals surface area contributed by atoms with Crippen LogP contribution in [0.3, 0.4) is 0 Å². The van der Waals surface area contributed by atoms with Gasteiger partial charge in [0, 0.05) is 6.54 Å². The number of carbonyl (C=O) groups excluding carboxylic acids is 1. The van der Waals surface area contributed by atoms with E-state index in [9.17, 15) is 4.79 Å². The summed E-state index contributed by atoms with van der Waals surface area (Å²) in [6.45, 7) is 6.74. The molecule has 1 aromatic rings. The fourth-order valence-electron chi connectivity index (χ4n) is 1.12.